The van der Waals surface area contributed by atoms with Gasteiger partial charge in [0, 0.05) is 10.6 Å². The number of para-hydroxylation sites is 1. The minimum absolute atomic E-state index is 0.170. The third kappa shape index (κ3) is 3.92. The first-order chi connectivity index (χ1) is 15.6. The van der Waals surface area contributed by atoms with Gasteiger partial charge in [-0.3, -0.25) is 9.36 Å². The lowest BCUT2D eigenvalue weighted by atomic mass is 10.1. The summed E-state index contributed by atoms with van der Waals surface area (Å²) in [4.78, 5) is 18.1. The first-order valence-corrected chi connectivity index (χ1v) is 10.2. The van der Waals surface area contributed by atoms with Gasteiger partial charge in [-0.1, -0.05) is 23.7 Å². The highest BCUT2D eigenvalue weighted by atomic mass is 35.5. The van der Waals surface area contributed by atoms with Crippen molar-refractivity contribution < 1.29 is 14.2 Å². The van der Waals surface area contributed by atoms with Crippen LogP contribution in [0.1, 0.15) is 11.4 Å². The van der Waals surface area contributed by atoms with Crippen molar-refractivity contribution in [3.63, 3.8) is 0 Å². The number of rotatable bonds is 6. The molecule has 0 radical (unpaired) electrons. The molecule has 6 nitrogen and oxygen atoms in total. The highest BCUT2D eigenvalue weighted by Crippen LogP contribution is 2.40. The molecule has 0 saturated heterocycles. The van der Waals surface area contributed by atoms with E-state index in [1.807, 2.05) is 30.3 Å². The second-order valence-corrected chi connectivity index (χ2v) is 7.30. The molecule has 162 valence electrons. The Bertz CT molecular complexity index is 1360. The predicted octanol–water partition coefficient (Wildman–Crippen LogP) is 5.24. The molecule has 1 heterocycles. The number of aromatic nitrogens is 2. The van der Waals surface area contributed by atoms with Crippen LogP contribution in [0.3, 0.4) is 0 Å². The van der Waals surface area contributed by atoms with Gasteiger partial charge in [-0.25, -0.2) is 4.98 Å². The van der Waals surface area contributed by atoms with Crippen LogP contribution in [0.25, 0.3) is 28.7 Å². The topological polar surface area (TPSA) is 62.6 Å². The fourth-order valence-electron chi connectivity index (χ4n) is 3.52. The first-order valence-electron chi connectivity index (χ1n) is 9.82. The van der Waals surface area contributed by atoms with E-state index in [0.717, 1.165) is 5.56 Å². The molecule has 0 N–H and O–H groups in total. The van der Waals surface area contributed by atoms with Crippen LogP contribution >= 0.6 is 11.6 Å². The number of benzene rings is 3. The van der Waals surface area contributed by atoms with Gasteiger partial charge in [-0.15, -0.1) is 0 Å². The molecule has 0 amide bonds. The fraction of sp³-hybridized carbons (Fsp3) is 0.120. The van der Waals surface area contributed by atoms with E-state index in [4.69, 9.17) is 30.8 Å². The maximum Gasteiger partial charge on any atom is 0.266 e. The summed E-state index contributed by atoms with van der Waals surface area (Å²) in [5.41, 5.74) is 1.85. The van der Waals surface area contributed by atoms with Crippen molar-refractivity contribution in [3.8, 4) is 22.9 Å². The lowest BCUT2D eigenvalue weighted by Crippen LogP contribution is -2.22. The number of ether oxygens (including phenoxy) is 3. The molecular weight excluding hydrogens is 428 g/mol. The van der Waals surface area contributed by atoms with Crippen molar-refractivity contribution in [2.75, 3.05) is 21.3 Å². The maximum atomic E-state index is 13.3. The molecule has 4 aromatic rings. The van der Waals surface area contributed by atoms with Crippen molar-refractivity contribution in [2.24, 2.45) is 0 Å². The van der Waals surface area contributed by atoms with Gasteiger partial charge in [-0.05, 0) is 60.7 Å². The number of fused-ring (bicyclic) bond motifs is 1. The number of halogens is 1. The molecule has 0 unspecified atom stereocenters. The molecule has 4 rings (SSSR count). The van der Waals surface area contributed by atoms with E-state index in [2.05, 4.69) is 0 Å². The Hall–Kier alpha value is -3.77. The van der Waals surface area contributed by atoms with E-state index >= 15 is 0 Å². The molecule has 0 bridgehead atoms. The molecule has 0 atom stereocenters. The lowest BCUT2D eigenvalue weighted by Gasteiger charge is -2.14. The number of methoxy groups -OCH3 is 3. The summed E-state index contributed by atoms with van der Waals surface area (Å²) in [5.74, 6) is 2.03. The first kappa shape index (κ1) is 21.5. The van der Waals surface area contributed by atoms with Gasteiger partial charge in [0.15, 0.2) is 11.5 Å². The highest BCUT2D eigenvalue weighted by molar-refractivity contribution is 6.30. The van der Waals surface area contributed by atoms with Crippen LogP contribution in [0.15, 0.2) is 65.5 Å². The van der Waals surface area contributed by atoms with Crippen LogP contribution < -0.4 is 19.8 Å². The second-order valence-electron chi connectivity index (χ2n) is 6.86. The van der Waals surface area contributed by atoms with E-state index in [-0.39, 0.29) is 5.56 Å². The summed E-state index contributed by atoms with van der Waals surface area (Å²) >= 11 is 6.05. The molecule has 0 saturated carbocycles. The average Bonchev–Trinajstić information content (AvgIpc) is 2.82. The van der Waals surface area contributed by atoms with Crippen LogP contribution in [-0.2, 0) is 0 Å². The minimum atomic E-state index is -0.170. The van der Waals surface area contributed by atoms with Gasteiger partial charge in [0.1, 0.15) is 5.82 Å². The monoisotopic (exact) mass is 448 g/mol. The maximum absolute atomic E-state index is 13.3. The Morgan fingerprint density at radius 1 is 0.844 bits per heavy atom. The van der Waals surface area contributed by atoms with E-state index in [1.54, 1.807) is 68.4 Å². The van der Waals surface area contributed by atoms with Gasteiger partial charge in [0.25, 0.3) is 5.56 Å². The van der Waals surface area contributed by atoms with Crippen LogP contribution in [0.2, 0.25) is 5.02 Å². The lowest BCUT2D eigenvalue weighted by molar-refractivity contribution is 0.324. The highest BCUT2D eigenvalue weighted by Gasteiger charge is 2.15. The quantitative estimate of drug-likeness (QED) is 0.404. The largest absolute Gasteiger partial charge is 0.493 e. The summed E-state index contributed by atoms with van der Waals surface area (Å²) in [5, 5.41) is 1.12. The minimum Gasteiger partial charge on any atom is -0.493 e. The summed E-state index contributed by atoms with van der Waals surface area (Å²) in [6.07, 6.45) is 3.59. The molecule has 3 aromatic carbocycles. The van der Waals surface area contributed by atoms with Crippen LogP contribution in [0.5, 0.6) is 17.2 Å². The van der Waals surface area contributed by atoms with Crippen LogP contribution in [0, 0.1) is 0 Å². The zero-order valence-electron chi connectivity index (χ0n) is 17.8. The summed E-state index contributed by atoms with van der Waals surface area (Å²) < 4.78 is 17.9. The number of hydrogen-bond donors (Lipinski definition) is 0. The SMILES string of the molecule is COc1ccc(/C=C/c2nc3ccccc3c(=O)n2-c2ccc(Cl)cc2)c(OC)c1OC. The van der Waals surface area contributed by atoms with E-state index in [0.29, 0.717) is 44.7 Å². The fourth-order valence-corrected chi connectivity index (χ4v) is 3.65. The Balaban J connectivity index is 1.92. The predicted molar refractivity (Wildman–Crippen MR) is 127 cm³/mol. The molecule has 32 heavy (non-hydrogen) atoms. The summed E-state index contributed by atoms with van der Waals surface area (Å²) in [7, 11) is 4.68. The van der Waals surface area contributed by atoms with Gasteiger partial charge in [0.2, 0.25) is 5.75 Å². The summed E-state index contributed by atoms with van der Waals surface area (Å²) in [6.45, 7) is 0. The van der Waals surface area contributed by atoms with Crippen LogP contribution in [-0.4, -0.2) is 30.9 Å². The van der Waals surface area contributed by atoms with Crippen molar-refractivity contribution in [3.05, 3.63) is 87.4 Å². The molecule has 7 heteroatoms. The van der Waals surface area contributed by atoms with E-state index < -0.39 is 0 Å². The molecule has 0 aliphatic carbocycles. The van der Waals surface area contributed by atoms with E-state index in [1.165, 1.54) is 0 Å². The Labute approximate surface area is 190 Å². The Morgan fingerprint density at radius 3 is 2.25 bits per heavy atom. The van der Waals surface area contributed by atoms with Crippen molar-refractivity contribution >= 4 is 34.7 Å². The zero-order chi connectivity index (χ0) is 22.7. The number of nitrogens with zero attached hydrogens (tertiary/aromatic N) is 2. The van der Waals surface area contributed by atoms with Crippen molar-refractivity contribution in [1.82, 2.24) is 9.55 Å². The molecule has 0 aliphatic heterocycles. The standard InChI is InChI=1S/C25H21ClN2O4/c1-30-21-14-8-16(23(31-2)24(21)32-3)9-15-22-27-20-7-5-4-6-19(20)25(29)28(22)18-12-10-17(26)11-13-18/h4-15H,1-3H3/b15-9+. The Morgan fingerprint density at radius 2 is 1.56 bits per heavy atom. The third-order valence-corrected chi connectivity index (χ3v) is 5.29. The smallest absolute Gasteiger partial charge is 0.266 e. The average molecular weight is 449 g/mol. The van der Waals surface area contributed by atoms with Gasteiger partial charge >= 0.3 is 0 Å². The van der Waals surface area contributed by atoms with Crippen molar-refractivity contribution in [1.29, 1.82) is 0 Å². The van der Waals surface area contributed by atoms with Gasteiger partial charge < -0.3 is 14.2 Å². The van der Waals surface area contributed by atoms with Crippen molar-refractivity contribution in [2.45, 2.75) is 0 Å². The third-order valence-electron chi connectivity index (χ3n) is 5.03. The Kier molecular flexibility index (Phi) is 6.14. The zero-order valence-corrected chi connectivity index (χ0v) is 18.6. The van der Waals surface area contributed by atoms with E-state index in [9.17, 15) is 4.79 Å². The normalized spacial score (nSPS) is 11.1. The van der Waals surface area contributed by atoms with Gasteiger partial charge in [-0.2, -0.15) is 0 Å². The molecule has 1 aromatic heterocycles. The molecule has 0 aliphatic rings. The summed E-state index contributed by atoms with van der Waals surface area (Å²) in [6, 6.07) is 18.0. The number of hydrogen-bond acceptors (Lipinski definition) is 5. The van der Waals surface area contributed by atoms with Crippen LogP contribution in [0.4, 0.5) is 0 Å². The molecular formula is C25H21ClN2O4. The molecule has 0 spiro atoms. The molecule has 0 fully saturated rings. The second kappa shape index (κ2) is 9.16. The van der Waals surface area contributed by atoms with Gasteiger partial charge in [0.05, 0.1) is 37.9 Å².